The summed E-state index contributed by atoms with van der Waals surface area (Å²) in [7, 11) is -7.27. The Morgan fingerprint density at radius 2 is 1.35 bits per heavy atom. The van der Waals surface area contributed by atoms with Crippen molar-refractivity contribution >= 4 is 19.9 Å². The third-order valence-electron chi connectivity index (χ3n) is 1.49. The number of sulfonamides is 1. The fourth-order valence-corrected chi connectivity index (χ4v) is 2.20. The van der Waals surface area contributed by atoms with Gasteiger partial charge in [0.05, 0.1) is 10.7 Å². The molecular weight excluding hydrogens is 298 g/mol. The monoisotopic (exact) mass is 331 g/mol. The Morgan fingerprint density at radius 1 is 0.950 bits per heavy atom. The van der Waals surface area contributed by atoms with Crippen molar-refractivity contribution in [3.63, 3.8) is 0 Å². The van der Waals surface area contributed by atoms with Crippen LogP contribution in [0.1, 0.15) is 54.5 Å². The summed E-state index contributed by atoms with van der Waals surface area (Å²) in [6.07, 6.45) is 0. The van der Waals surface area contributed by atoms with Gasteiger partial charge in [-0.15, -0.1) is 0 Å². The molecule has 0 saturated heterocycles. The van der Waals surface area contributed by atoms with Crippen LogP contribution in [-0.2, 0) is 19.9 Å². The van der Waals surface area contributed by atoms with E-state index in [-0.39, 0.29) is 25.6 Å². The van der Waals surface area contributed by atoms with Crippen LogP contribution in [0.3, 0.4) is 0 Å². The van der Waals surface area contributed by atoms with Crippen molar-refractivity contribution in [2.75, 3.05) is 0 Å². The zero-order chi connectivity index (χ0) is 19.2. The van der Waals surface area contributed by atoms with E-state index in [4.69, 9.17) is 5.48 Å². The van der Waals surface area contributed by atoms with E-state index in [0.717, 1.165) is 0 Å². The highest BCUT2D eigenvalue weighted by Gasteiger charge is 2.09. The fourth-order valence-electron chi connectivity index (χ4n) is 0.734. The fraction of sp³-hybridized carbons (Fsp3) is 0.692. The van der Waals surface area contributed by atoms with Crippen molar-refractivity contribution in [2.24, 2.45) is 0 Å². The van der Waals surface area contributed by atoms with Gasteiger partial charge >= 0.3 is 0 Å². The molecule has 0 aromatic carbocycles. The van der Waals surface area contributed by atoms with Gasteiger partial charge in [0, 0.05) is 16.8 Å². The molecule has 0 aliphatic heterocycles. The van der Waals surface area contributed by atoms with E-state index >= 15 is 0 Å². The van der Waals surface area contributed by atoms with E-state index in [1.54, 1.807) is 13.8 Å². The normalized spacial score (nSPS) is 17.4. The van der Waals surface area contributed by atoms with Crippen LogP contribution in [0, 0.1) is 0 Å². The van der Waals surface area contributed by atoms with Gasteiger partial charge in [-0.3, -0.25) is 0 Å². The maximum absolute atomic E-state index is 11.1. The van der Waals surface area contributed by atoms with Gasteiger partial charge in [-0.05, 0) is 41.5 Å². The minimum atomic E-state index is -3.75. The molecule has 0 amide bonds. The summed E-state index contributed by atoms with van der Waals surface area (Å²) in [5.74, 6) is 0. The summed E-state index contributed by atoms with van der Waals surface area (Å²) in [6.45, 7) is 8.86. The van der Waals surface area contributed by atoms with Crippen LogP contribution in [0.15, 0.2) is 22.9 Å². The summed E-state index contributed by atoms with van der Waals surface area (Å²) in [5, 5.41) is -1.86. The van der Waals surface area contributed by atoms with Crippen molar-refractivity contribution in [1.82, 2.24) is 4.72 Å². The number of rotatable bonds is 5. The van der Waals surface area contributed by atoms with Crippen molar-refractivity contribution in [3.8, 4) is 0 Å². The van der Waals surface area contributed by atoms with Gasteiger partial charge < -0.3 is 0 Å². The van der Waals surface area contributed by atoms with E-state index in [2.05, 4.69) is 4.72 Å². The molecular formula is C13H29NO4S2. The molecule has 5 nitrogen and oxygen atoms in total. The second kappa shape index (κ2) is 11.0. The lowest BCUT2D eigenvalue weighted by Gasteiger charge is -2.04. The molecule has 0 bridgehead atoms. The van der Waals surface area contributed by atoms with Gasteiger partial charge in [0.25, 0.3) is 0 Å². The maximum atomic E-state index is 11.1. The van der Waals surface area contributed by atoms with Crippen LogP contribution in [-0.4, -0.2) is 28.1 Å². The summed E-state index contributed by atoms with van der Waals surface area (Å²) in [4.78, 5) is 0. The smallest absolute Gasteiger partial charge is 0.224 e. The molecule has 0 saturated carbocycles. The number of allylic oxidation sites excluding steroid dienone is 2. The van der Waals surface area contributed by atoms with Gasteiger partial charge in [-0.1, -0.05) is 19.5 Å². The highest BCUT2D eigenvalue weighted by molar-refractivity contribution is 7.94. The Kier molecular flexibility index (Phi) is 8.69. The molecule has 20 heavy (non-hydrogen) atoms. The first kappa shape index (κ1) is 15.7. The molecule has 0 heterocycles. The Morgan fingerprint density at radius 3 is 1.55 bits per heavy atom. The molecule has 0 spiro atoms. The zero-order valence-corrected chi connectivity index (χ0v) is 13.7. The van der Waals surface area contributed by atoms with Crippen molar-refractivity contribution in [3.05, 3.63) is 22.9 Å². The molecule has 1 N–H and O–H groups in total. The Balaban J connectivity index is -0.000000354. The minimum absolute atomic E-state index is 0. The second-order valence-corrected chi connectivity index (χ2v) is 7.76. The summed E-state index contributed by atoms with van der Waals surface area (Å²) >= 11 is 0. The van der Waals surface area contributed by atoms with Gasteiger partial charge in [-0.25, -0.2) is 21.6 Å². The first-order chi connectivity index (χ1) is 10.1. The van der Waals surface area contributed by atoms with Gasteiger partial charge in [0.15, 0.2) is 9.84 Å². The third kappa shape index (κ3) is 13.8. The summed E-state index contributed by atoms with van der Waals surface area (Å²) < 4.78 is 74.7. The van der Waals surface area contributed by atoms with Crippen LogP contribution >= 0.6 is 0 Å². The van der Waals surface area contributed by atoms with Crippen molar-refractivity contribution < 1.29 is 22.3 Å². The van der Waals surface area contributed by atoms with E-state index in [1.165, 1.54) is 27.7 Å². The van der Waals surface area contributed by atoms with Crippen LogP contribution in [0.25, 0.3) is 0 Å². The van der Waals surface area contributed by atoms with Crippen LogP contribution in [0.4, 0.5) is 0 Å². The molecule has 0 aliphatic carbocycles. The first-order valence-corrected chi connectivity index (χ1v) is 8.64. The predicted octanol–water partition coefficient (Wildman–Crippen LogP) is 2.83. The number of hydrogen-bond acceptors (Lipinski definition) is 4. The van der Waals surface area contributed by atoms with Crippen LogP contribution in [0.5, 0.6) is 0 Å². The average molecular weight is 332 g/mol. The first-order valence-electron chi connectivity index (χ1n) is 7.61. The van der Waals surface area contributed by atoms with Gasteiger partial charge in [0.2, 0.25) is 10.0 Å². The Hall–Kier alpha value is -0.660. The highest BCUT2D eigenvalue weighted by Crippen LogP contribution is 2.00. The second-order valence-electron chi connectivity index (χ2n) is 4.07. The molecule has 0 aromatic rings. The SMILES string of the molecule is C.[2H]/C(C)=C(/[2H])S(=O)(=O)C(C)C.[2H]/C(C)=C(/[2H])S(=O)(=O)NC(C)C. The molecule has 0 fully saturated rings. The Labute approximate surface area is 130 Å². The molecule has 0 unspecified atom stereocenters. The molecule has 122 valence electrons. The van der Waals surface area contributed by atoms with E-state index in [0.29, 0.717) is 0 Å². The van der Waals surface area contributed by atoms with E-state index < -0.39 is 35.9 Å². The highest BCUT2D eigenvalue weighted by atomic mass is 32.2. The Bertz CT molecular complexity index is 658. The molecule has 0 radical (unpaired) electrons. The molecule has 0 aliphatic rings. The van der Waals surface area contributed by atoms with Crippen molar-refractivity contribution in [2.45, 2.75) is 60.3 Å². The number of hydrogen-bond donors (Lipinski definition) is 1. The largest absolute Gasteiger partial charge is 0.233 e. The number of nitrogens with one attached hydrogen (secondary N) is 1. The quantitative estimate of drug-likeness (QED) is 0.840. The predicted molar refractivity (Wildman–Crippen MR) is 87.6 cm³/mol. The molecule has 0 aromatic heterocycles. The lowest BCUT2D eigenvalue weighted by atomic mass is 10.4. The average Bonchev–Trinajstić information content (AvgIpc) is 2.35. The maximum Gasteiger partial charge on any atom is 0.233 e. The third-order valence-corrected chi connectivity index (χ3v) is 4.48. The van der Waals surface area contributed by atoms with E-state index in [9.17, 15) is 16.8 Å². The number of sulfone groups is 1. The van der Waals surface area contributed by atoms with Crippen LogP contribution < -0.4 is 4.72 Å². The summed E-state index contributed by atoms with van der Waals surface area (Å²) in [5.41, 5.74) is 0. The standard InChI is InChI=1S/C6H13NO2S.C6H12O2S.CH4/c1-4-5-10(8,9)7-6(2)3;1-4-5-9(7,8)6(2)3;/h4-7H,1-3H3;4-6H,1-3H3;1H4/b2*5-4+;/i2*4D,5D;. The van der Waals surface area contributed by atoms with Crippen LogP contribution in [0.2, 0.25) is 0 Å². The van der Waals surface area contributed by atoms with Crippen molar-refractivity contribution in [1.29, 1.82) is 0 Å². The molecule has 0 atom stereocenters. The topological polar surface area (TPSA) is 80.3 Å². The molecule has 7 heteroatoms. The molecule has 0 rings (SSSR count). The zero-order valence-electron chi connectivity index (χ0n) is 16.1. The lowest BCUT2D eigenvalue weighted by molar-refractivity contribution is 0.579. The van der Waals surface area contributed by atoms with Gasteiger partial charge in [0.1, 0.15) is 0 Å². The van der Waals surface area contributed by atoms with Gasteiger partial charge in [-0.2, -0.15) is 0 Å². The van der Waals surface area contributed by atoms with E-state index in [1.807, 2.05) is 0 Å². The lowest BCUT2D eigenvalue weighted by Crippen LogP contribution is -2.28. The minimum Gasteiger partial charge on any atom is -0.224 e. The summed E-state index contributed by atoms with van der Waals surface area (Å²) in [6, 6.07) is -0.725.